The average molecular weight is 483 g/mol. The molecular weight excluding hydrogens is 456 g/mol. The lowest BCUT2D eigenvalue weighted by atomic mass is 10.1. The summed E-state index contributed by atoms with van der Waals surface area (Å²) in [7, 11) is 0.742. The molecule has 0 bridgehead atoms. The van der Waals surface area contributed by atoms with Gasteiger partial charge in [-0.2, -0.15) is 0 Å². The number of sulfone groups is 1. The zero-order valence-electron chi connectivity index (χ0n) is 18.1. The van der Waals surface area contributed by atoms with Crippen LogP contribution in [0.1, 0.15) is 36.3 Å². The van der Waals surface area contributed by atoms with Gasteiger partial charge in [-0.3, -0.25) is 4.79 Å². The van der Waals surface area contributed by atoms with Gasteiger partial charge in [0, 0.05) is 37.6 Å². The van der Waals surface area contributed by atoms with Crippen LogP contribution >= 0.6 is 23.4 Å². The first-order valence-electron chi connectivity index (χ1n) is 10.0. The van der Waals surface area contributed by atoms with E-state index in [-0.39, 0.29) is 39.9 Å². The number of halogens is 1. The molecule has 2 heterocycles. The third-order valence-corrected chi connectivity index (χ3v) is 7.89. The molecule has 2 aromatic rings. The zero-order valence-corrected chi connectivity index (χ0v) is 20.5. The number of carbonyl (C=O) groups is 1. The van der Waals surface area contributed by atoms with Gasteiger partial charge in [0.2, 0.25) is 0 Å². The summed E-state index contributed by atoms with van der Waals surface area (Å²) in [4.78, 5) is 25.7. The highest BCUT2D eigenvalue weighted by Crippen LogP contribution is 2.27. The number of hydrogen-bond acceptors (Lipinski definition) is 7. The van der Waals surface area contributed by atoms with Gasteiger partial charge in [0.25, 0.3) is 5.91 Å². The van der Waals surface area contributed by atoms with Gasteiger partial charge in [-0.05, 0) is 24.1 Å². The molecule has 0 saturated carbocycles. The Morgan fingerprint density at radius 1 is 1.26 bits per heavy atom. The predicted octanol–water partition coefficient (Wildman–Crippen LogP) is 3.53. The SMILES string of the molecule is CC(C)Sc1ncc(Cl)c(C(=O)N(Cc2ccc(N(C)C)cc2)[C@@H]2CCS(=O)(=O)C2)n1. The van der Waals surface area contributed by atoms with E-state index < -0.39 is 15.9 Å². The molecule has 168 valence electrons. The molecule has 1 aromatic carbocycles. The van der Waals surface area contributed by atoms with Crippen LogP contribution < -0.4 is 4.90 Å². The maximum atomic E-state index is 13.5. The summed E-state index contributed by atoms with van der Waals surface area (Å²) in [6, 6.07) is 7.41. The molecule has 1 saturated heterocycles. The number of anilines is 1. The number of rotatable bonds is 7. The molecule has 7 nitrogen and oxygen atoms in total. The van der Waals surface area contributed by atoms with Crippen molar-refractivity contribution in [2.75, 3.05) is 30.5 Å². The fourth-order valence-electron chi connectivity index (χ4n) is 3.39. The monoisotopic (exact) mass is 482 g/mol. The zero-order chi connectivity index (χ0) is 22.8. The highest BCUT2D eigenvalue weighted by Gasteiger charge is 2.36. The molecule has 0 aliphatic carbocycles. The summed E-state index contributed by atoms with van der Waals surface area (Å²) in [5, 5.41) is 0.874. The Hall–Kier alpha value is -1.84. The van der Waals surface area contributed by atoms with E-state index in [2.05, 4.69) is 9.97 Å². The van der Waals surface area contributed by atoms with Crippen molar-refractivity contribution in [3.8, 4) is 0 Å². The number of nitrogens with zero attached hydrogens (tertiary/aromatic N) is 4. The lowest BCUT2D eigenvalue weighted by molar-refractivity contribution is 0.0674. The third-order valence-electron chi connectivity index (χ3n) is 4.98. The van der Waals surface area contributed by atoms with E-state index >= 15 is 0 Å². The molecule has 0 N–H and O–H groups in total. The third kappa shape index (κ3) is 6.11. The molecule has 3 rings (SSSR count). The van der Waals surface area contributed by atoms with Crippen molar-refractivity contribution >= 4 is 44.8 Å². The molecular formula is C21H27ClN4O3S2. The Morgan fingerprint density at radius 3 is 2.48 bits per heavy atom. The first-order chi connectivity index (χ1) is 14.6. The summed E-state index contributed by atoms with van der Waals surface area (Å²) >= 11 is 7.73. The fraction of sp³-hybridized carbons (Fsp3) is 0.476. The molecule has 1 aromatic heterocycles. The van der Waals surface area contributed by atoms with Crippen LogP contribution in [-0.4, -0.2) is 66.1 Å². The van der Waals surface area contributed by atoms with E-state index in [0.717, 1.165) is 11.3 Å². The van der Waals surface area contributed by atoms with Gasteiger partial charge >= 0.3 is 0 Å². The highest BCUT2D eigenvalue weighted by atomic mass is 35.5. The topological polar surface area (TPSA) is 83.5 Å². The number of amides is 1. The van der Waals surface area contributed by atoms with Gasteiger partial charge in [0.1, 0.15) is 0 Å². The van der Waals surface area contributed by atoms with Crippen LogP contribution in [0.3, 0.4) is 0 Å². The van der Waals surface area contributed by atoms with Gasteiger partial charge in [-0.25, -0.2) is 18.4 Å². The van der Waals surface area contributed by atoms with Crippen LogP contribution in [0.25, 0.3) is 0 Å². The van der Waals surface area contributed by atoms with Crippen molar-refractivity contribution in [2.45, 2.75) is 43.3 Å². The Morgan fingerprint density at radius 2 is 1.94 bits per heavy atom. The average Bonchev–Trinajstić information content (AvgIpc) is 3.06. The molecule has 31 heavy (non-hydrogen) atoms. The maximum absolute atomic E-state index is 13.5. The summed E-state index contributed by atoms with van der Waals surface area (Å²) in [6.07, 6.45) is 1.84. The van der Waals surface area contributed by atoms with Crippen LogP contribution in [0.4, 0.5) is 5.69 Å². The minimum absolute atomic E-state index is 0.0508. The lowest BCUT2D eigenvalue weighted by Gasteiger charge is -2.28. The van der Waals surface area contributed by atoms with E-state index in [1.165, 1.54) is 18.0 Å². The molecule has 10 heteroatoms. The second kappa shape index (κ2) is 9.75. The summed E-state index contributed by atoms with van der Waals surface area (Å²) in [5.74, 6) is -0.352. The molecule has 0 unspecified atom stereocenters. The van der Waals surface area contributed by atoms with Gasteiger partial charge < -0.3 is 9.80 Å². The number of hydrogen-bond donors (Lipinski definition) is 0. The van der Waals surface area contributed by atoms with Crippen LogP contribution in [0.5, 0.6) is 0 Å². The van der Waals surface area contributed by atoms with Crippen molar-refractivity contribution in [1.82, 2.24) is 14.9 Å². The van der Waals surface area contributed by atoms with Crippen LogP contribution in [0.2, 0.25) is 5.02 Å². The van der Waals surface area contributed by atoms with Gasteiger partial charge in [-0.1, -0.05) is 49.3 Å². The fourth-order valence-corrected chi connectivity index (χ4v) is 5.97. The highest BCUT2D eigenvalue weighted by molar-refractivity contribution is 7.99. The van der Waals surface area contributed by atoms with Crippen molar-refractivity contribution in [3.63, 3.8) is 0 Å². The van der Waals surface area contributed by atoms with Gasteiger partial charge in [-0.15, -0.1) is 0 Å². The Labute approximate surface area is 193 Å². The first-order valence-corrected chi connectivity index (χ1v) is 13.1. The smallest absolute Gasteiger partial charge is 0.274 e. The largest absolute Gasteiger partial charge is 0.378 e. The number of benzene rings is 1. The summed E-state index contributed by atoms with van der Waals surface area (Å²) < 4.78 is 24.2. The lowest BCUT2D eigenvalue weighted by Crippen LogP contribution is -2.41. The maximum Gasteiger partial charge on any atom is 0.274 e. The van der Waals surface area contributed by atoms with Gasteiger partial charge in [0.05, 0.1) is 22.7 Å². The normalized spacial score (nSPS) is 17.7. The molecule has 0 spiro atoms. The molecule has 1 fully saturated rings. The second-order valence-electron chi connectivity index (χ2n) is 8.07. The molecule has 0 radical (unpaired) electrons. The summed E-state index contributed by atoms with van der Waals surface area (Å²) in [6.45, 7) is 4.30. The van der Waals surface area contributed by atoms with Crippen molar-refractivity contribution in [2.24, 2.45) is 0 Å². The number of aromatic nitrogens is 2. The van der Waals surface area contributed by atoms with E-state index in [1.54, 1.807) is 4.90 Å². The Kier molecular flexibility index (Phi) is 7.49. The Balaban J connectivity index is 1.93. The van der Waals surface area contributed by atoms with Crippen molar-refractivity contribution < 1.29 is 13.2 Å². The minimum atomic E-state index is -3.17. The van der Waals surface area contributed by atoms with E-state index in [9.17, 15) is 13.2 Å². The predicted molar refractivity (Wildman–Crippen MR) is 126 cm³/mol. The van der Waals surface area contributed by atoms with Crippen molar-refractivity contribution in [1.29, 1.82) is 0 Å². The van der Waals surface area contributed by atoms with Crippen molar-refractivity contribution in [3.05, 3.63) is 46.7 Å². The number of carbonyl (C=O) groups excluding carboxylic acids is 1. The van der Waals surface area contributed by atoms with Crippen LogP contribution in [0.15, 0.2) is 35.6 Å². The first kappa shape index (κ1) is 23.8. The minimum Gasteiger partial charge on any atom is -0.378 e. The number of thioether (sulfide) groups is 1. The Bertz CT molecular complexity index is 1040. The molecule has 1 amide bonds. The molecule has 1 aliphatic rings. The summed E-state index contributed by atoms with van der Waals surface area (Å²) in [5.41, 5.74) is 2.05. The quantitative estimate of drug-likeness (QED) is 0.441. The molecule has 1 atom stereocenters. The van der Waals surface area contributed by atoms with E-state index in [4.69, 9.17) is 11.6 Å². The van der Waals surface area contributed by atoms with E-state index in [0.29, 0.717) is 11.6 Å². The molecule has 1 aliphatic heterocycles. The standard InChI is InChI=1S/C21H27ClN4O3S2/c1-14(2)30-21-23-11-18(22)19(24-21)20(27)26(17-9-10-31(28,29)13-17)12-15-5-7-16(8-6-15)25(3)4/h5-8,11,14,17H,9-10,12-13H2,1-4H3/t17-/m1/s1. The van der Waals surface area contributed by atoms with Crippen LogP contribution in [0, 0.1) is 0 Å². The van der Waals surface area contributed by atoms with Crippen LogP contribution in [-0.2, 0) is 16.4 Å². The second-order valence-corrected chi connectivity index (χ2v) is 12.2. The van der Waals surface area contributed by atoms with E-state index in [1.807, 2.05) is 57.1 Å². The van der Waals surface area contributed by atoms with Gasteiger partial charge in [0.15, 0.2) is 20.7 Å².